The lowest BCUT2D eigenvalue weighted by Gasteiger charge is -2.30. The molecule has 0 aliphatic heterocycles. The molecule has 7 rings (SSSR count). The first-order chi connectivity index (χ1) is 38.9. The molecule has 0 fully saturated rings. The third-order valence-electron chi connectivity index (χ3n) is 10.0. The molecule has 0 aliphatic carbocycles. The minimum atomic E-state index is -4.73. The highest BCUT2D eigenvalue weighted by Crippen LogP contribution is 2.62. The van der Waals surface area contributed by atoms with Crippen molar-refractivity contribution in [1.29, 1.82) is 0 Å². The normalized spacial score (nSPS) is 12.9. The van der Waals surface area contributed by atoms with Gasteiger partial charge in [-0.1, -0.05) is 111 Å². The Kier molecular flexibility index (Phi) is 26.7. The van der Waals surface area contributed by atoms with Crippen LogP contribution in [0.25, 0.3) is 23.0 Å². The molecule has 8 N–H and O–H groups in total. The zero-order valence-corrected chi connectivity index (χ0v) is 53.0. The Bertz CT molecular complexity index is 3390. The number of aromatic amines is 2. The highest BCUT2D eigenvalue weighted by Gasteiger charge is 2.41. The van der Waals surface area contributed by atoms with Gasteiger partial charge in [0.1, 0.15) is 35.0 Å². The standard InChI is InChI=1S/C22H26N5O5P.C16H14N5O5P.C13H22NO3P.C3H9BrSi/c1-14(2)31-33(30,32-15(3)4)22(16-9-6-5-7-10-16)26-21(29)17-13-23-19(25-20(17)28)18-11-8-12-24-27-18;22-14-11(9-17-13(19-14)12-7-4-8-18-21-12)15(23)20-16(27(24,25)26)10-5-2-1-3-6-10;1-10(2)16-18(15,17-11(3)4)13(14)12-8-6-5-7-9-12;1-5(2,3)4/h5-15,22H,1-4H3,(H,26,29)(H,23,25,28);1-9,16H,(H,20,23)(H,17,19,22)(H2,24,25,26);5-11,13H,14H2,1-4H3;1-3H3. The van der Waals surface area contributed by atoms with Crippen LogP contribution in [0.1, 0.15) is 110 Å². The van der Waals surface area contributed by atoms with E-state index in [0.717, 1.165) is 18.0 Å². The first-order valence-corrected chi connectivity index (χ1v) is 36.5. The van der Waals surface area contributed by atoms with Crippen molar-refractivity contribution in [3.05, 3.63) is 189 Å². The molecule has 0 saturated heterocycles. The Hall–Kier alpha value is -6.37. The number of carbonyl (C=O) groups excluding carboxylic acids is 2. The summed E-state index contributed by atoms with van der Waals surface area (Å²) < 4.78 is 60.8. The summed E-state index contributed by atoms with van der Waals surface area (Å²) in [4.78, 5) is 82.5. The quantitative estimate of drug-likeness (QED) is 0.0212. The lowest BCUT2D eigenvalue weighted by Crippen LogP contribution is -2.34. The summed E-state index contributed by atoms with van der Waals surface area (Å²) in [6.07, 6.45) is 3.81. The minimum absolute atomic E-state index is 0.110. The summed E-state index contributed by atoms with van der Waals surface area (Å²) in [7, 11) is -12.0. The van der Waals surface area contributed by atoms with Gasteiger partial charge in [-0.15, -0.1) is 25.5 Å². The van der Waals surface area contributed by atoms with Crippen LogP contribution in [0, 0.1) is 0 Å². The van der Waals surface area contributed by atoms with Gasteiger partial charge in [0.15, 0.2) is 23.2 Å². The Morgan fingerprint density at radius 3 is 1.18 bits per heavy atom. The second-order valence-corrected chi connectivity index (χ2v) is 37.0. The summed E-state index contributed by atoms with van der Waals surface area (Å²) in [6.45, 7) is 20.1. The molecule has 4 aromatic heterocycles. The van der Waals surface area contributed by atoms with Crippen molar-refractivity contribution in [2.45, 2.75) is 117 Å². The molecule has 29 heteroatoms. The van der Waals surface area contributed by atoms with E-state index >= 15 is 0 Å². The van der Waals surface area contributed by atoms with E-state index in [4.69, 9.17) is 23.8 Å². The monoisotopic (exact) mass is 1280 g/mol. The third kappa shape index (κ3) is 23.0. The van der Waals surface area contributed by atoms with Crippen molar-refractivity contribution in [3.8, 4) is 23.0 Å². The number of aromatic nitrogens is 8. The maximum absolute atomic E-state index is 13.8. The molecule has 0 bridgehead atoms. The predicted molar refractivity (Wildman–Crippen MR) is 323 cm³/mol. The van der Waals surface area contributed by atoms with Crippen molar-refractivity contribution >= 4 is 56.6 Å². The van der Waals surface area contributed by atoms with Crippen LogP contribution in [0.5, 0.6) is 0 Å². The molecule has 0 radical (unpaired) electrons. The second kappa shape index (κ2) is 32.1. The Morgan fingerprint density at radius 1 is 0.542 bits per heavy atom. The van der Waals surface area contributed by atoms with Crippen molar-refractivity contribution in [2.75, 3.05) is 0 Å². The average Bonchev–Trinajstić information content (AvgIpc) is 3.60. The molecule has 3 atom stereocenters. The van der Waals surface area contributed by atoms with E-state index in [1.165, 1.54) is 24.5 Å². The summed E-state index contributed by atoms with van der Waals surface area (Å²) in [5.74, 6) is -4.96. The Balaban J connectivity index is 0.000000266. The zero-order chi connectivity index (χ0) is 61.7. The van der Waals surface area contributed by atoms with E-state index in [0.29, 0.717) is 17.0 Å². The molecular weight excluding hydrogens is 1210 g/mol. The number of nitrogens with one attached hydrogen (secondary N) is 4. The maximum atomic E-state index is 13.8. The predicted octanol–water partition coefficient (Wildman–Crippen LogP) is 10.4. The average molecular weight is 1280 g/mol. The van der Waals surface area contributed by atoms with Crippen molar-refractivity contribution < 1.29 is 51.2 Å². The number of hydrogen-bond acceptors (Lipinski definition) is 18. The molecule has 446 valence electrons. The summed E-state index contributed by atoms with van der Waals surface area (Å²) in [5.41, 5.74) is 6.07. The van der Waals surface area contributed by atoms with Gasteiger partial charge in [0.05, 0.1) is 24.4 Å². The second-order valence-electron chi connectivity index (χ2n) is 19.9. The molecule has 24 nitrogen and oxygen atoms in total. The van der Waals surface area contributed by atoms with E-state index in [-0.39, 0.29) is 35.0 Å². The Morgan fingerprint density at radius 2 is 0.867 bits per heavy atom. The molecule has 0 spiro atoms. The molecular formula is C54H71BrN11O13P3Si. The number of hydrogen-bond donors (Lipinski definition) is 7. The number of carbonyl (C=O) groups is 2. The molecule has 3 unspecified atom stereocenters. The SMILES string of the molecule is CC(C)OP(=O)(OC(C)C)C(N)c1ccccc1.CC(C)OP(=O)(OC(C)C)C(NC(=O)c1cnc(-c2cccnn2)[nH]c1=O)c1ccccc1.C[Si](C)(C)Br.O=C(NC(c1ccccc1)P(=O)(O)O)c1cnc(-c2cccnn2)[nH]c1=O. The maximum Gasteiger partial charge on any atom is 0.357 e. The first-order valence-electron chi connectivity index (χ1n) is 25.8. The van der Waals surface area contributed by atoms with Crippen LogP contribution < -0.4 is 27.5 Å². The lowest BCUT2D eigenvalue weighted by molar-refractivity contribution is 0.0916. The molecule has 83 heavy (non-hydrogen) atoms. The van der Waals surface area contributed by atoms with Crippen LogP contribution in [-0.2, 0) is 31.8 Å². The molecule has 4 heterocycles. The van der Waals surface area contributed by atoms with Crippen LogP contribution in [0.15, 0.2) is 150 Å². The van der Waals surface area contributed by atoms with E-state index in [2.05, 4.69) is 85.9 Å². The molecule has 7 aromatic rings. The first kappa shape index (κ1) is 69.1. The van der Waals surface area contributed by atoms with E-state index in [1.807, 2.05) is 58.0 Å². The molecule has 2 amide bonds. The summed E-state index contributed by atoms with van der Waals surface area (Å²) in [5, 5.41) is 20.0. The van der Waals surface area contributed by atoms with Gasteiger partial charge in [0.2, 0.25) is 0 Å². The third-order valence-corrected chi connectivity index (χ3v) is 16.1. The minimum Gasteiger partial charge on any atom is -0.334 e. The molecule has 0 saturated carbocycles. The van der Waals surface area contributed by atoms with Crippen molar-refractivity contribution in [2.24, 2.45) is 5.73 Å². The number of nitrogens with zero attached hydrogens (tertiary/aromatic N) is 6. The molecule has 3 aromatic carbocycles. The number of nitrogens with two attached hydrogens (primary N) is 1. The number of rotatable bonds is 20. The number of amides is 2. The van der Waals surface area contributed by atoms with Crippen molar-refractivity contribution in [1.82, 2.24) is 51.0 Å². The fourth-order valence-corrected chi connectivity index (χ4v) is 12.1. The fourth-order valence-electron chi connectivity index (χ4n) is 6.92. The van der Waals surface area contributed by atoms with Crippen LogP contribution in [0.4, 0.5) is 0 Å². The van der Waals surface area contributed by atoms with Crippen LogP contribution >= 0.6 is 38.1 Å². The lowest BCUT2D eigenvalue weighted by atomic mass is 10.2. The topological polar surface area (TPSA) is 356 Å². The summed E-state index contributed by atoms with van der Waals surface area (Å²) >= 11 is 3.51. The van der Waals surface area contributed by atoms with Gasteiger partial charge in [-0.3, -0.25) is 32.9 Å². The largest absolute Gasteiger partial charge is 0.357 e. The van der Waals surface area contributed by atoms with Crippen LogP contribution in [0.2, 0.25) is 19.6 Å². The number of H-pyrrole nitrogens is 2. The van der Waals surface area contributed by atoms with Gasteiger partial charge in [0, 0.05) is 24.8 Å². The van der Waals surface area contributed by atoms with E-state index in [1.54, 1.807) is 100 Å². The smallest absolute Gasteiger partial charge is 0.334 e. The fraction of sp³-hybridized carbons (Fsp3) is 0.333. The Labute approximate surface area is 490 Å². The highest BCUT2D eigenvalue weighted by molar-refractivity contribution is 9.26. The van der Waals surface area contributed by atoms with E-state index in [9.17, 15) is 42.7 Å². The van der Waals surface area contributed by atoms with Crippen LogP contribution in [-0.4, -0.2) is 93.0 Å². The summed E-state index contributed by atoms with van der Waals surface area (Å²) in [6, 6.07) is 32.1. The highest BCUT2D eigenvalue weighted by atomic mass is 79.9. The number of benzene rings is 3. The van der Waals surface area contributed by atoms with E-state index < -0.39 is 87.5 Å². The number of halogens is 1. The zero-order valence-electron chi connectivity index (χ0n) is 47.7. The van der Waals surface area contributed by atoms with Gasteiger partial charge in [-0.2, -0.15) is 10.2 Å². The van der Waals surface area contributed by atoms with Gasteiger partial charge in [0.25, 0.3) is 22.9 Å². The van der Waals surface area contributed by atoms with Gasteiger partial charge >= 0.3 is 22.8 Å². The molecule has 0 aliphatic rings. The van der Waals surface area contributed by atoms with Crippen molar-refractivity contribution in [3.63, 3.8) is 0 Å². The van der Waals surface area contributed by atoms with Gasteiger partial charge < -0.3 is 54.2 Å². The van der Waals surface area contributed by atoms with Gasteiger partial charge in [-0.05, 0) is 96.3 Å². The van der Waals surface area contributed by atoms with Crippen LogP contribution in [0.3, 0.4) is 0 Å². The van der Waals surface area contributed by atoms with Gasteiger partial charge in [-0.25, -0.2) is 9.97 Å².